The Morgan fingerprint density at radius 1 is 0.541 bits per heavy atom. The van der Waals surface area contributed by atoms with Crippen molar-refractivity contribution < 1.29 is 66.5 Å². The van der Waals surface area contributed by atoms with Gasteiger partial charge in [-0.05, 0) is 42.3 Å². The molecular formula is C22H9F13O2. The molecule has 0 amide bonds. The minimum Gasteiger partial charge on any atom is -0.429 e. The summed E-state index contributed by atoms with van der Waals surface area (Å²) in [5.74, 6) is -13.4. The average Bonchev–Trinajstić information content (AvgIpc) is 2.62. The molecule has 3 rings (SSSR count). The van der Waals surface area contributed by atoms with Gasteiger partial charge in [0, 0.05) is 12.1 Å². The highest BCUT2D eigenvalue weighted by Gasteiger charge is 2.49. The van der Waals surface area contributed by atoms with Crippen LogP contribution in [-0.4, -0.2) is 6.36 Å². The summed E-state index contributed by atoms with van der Waals surface area (Å²) in [5, 5.41) is 0. The number of hydrogen-bond donors (Lipinski definition) is 0. The smallest absolute Gasteiger partial charge is 0.429 e. The Morgan fingerprint density at radius 2 is 0.946 bits per heavy atom. The number of ether oxygens (including phenoxy) is 2. The summed E-state index contributed by atoms with van der Waals surface area (Å²) < 4.78 is 184. The fourth-order valence-corrected chi connectivity index (χ4v) is 3.25. The first-order chi connectivity index (χ1) is 16.8. The van der Waals surface area contributed by atoms with Crippen LogP contribution in [0.4, 0.5) is 57.1 Å². The molecule has 3 aromatic carbocycles. The molecule has 0 aliphatic rings. The second kappa shape index (κ2) is 9.43. The fourth-order valence-electron chi connectivity index (χ4n) is 3.25. The van der Waals surface area contributed by atoms with Gasteiger partial charge in [-0.2, -0.15) is 17.6 Å². The lowest BCUT2D eigenvalue weighted by Crippen LogP contribution is -2.29. The van der Waals surface area contributed by atoms with Crippen molar-refractivity contribution in [2.75, 3.05) is 0 Å². The van der Waals surface area contributed by atoms with Crippen molar-refractivity contribution in [3.63, 3.8) is 0 Å². The predicted molar refractivity (Wildman–Crippen MR) is 98.4 cm³/mol. The number of hydrogen-bond acceptors (Lipinski definition) is 2. The molecule has 0 bridgehead atoms. The van der Waals surface area contributed by atoms with Gasteiger partial charge in [-0.1, -0.05) is 0 Å². The molecule has 0 fully saturated rings. The number of alkyl halides is 7. The van der Waals surface area contributed by atoms with E-state index in [0.717, 1.165) is 0 Å². The molecule has 0 aliphatic carbocycles. The molecule has 0 saturated carbocycles. The van der Waals surface area contributed by atoms with E-state index >= 15 is 0 Å². The quantitative estimate of drug-likeness (QED) is 0.287. The molecule has 37 heavy (non-hydrogen) atoms. The van der Waals surface area contributed by atoms with Crippen molar-refractivity contribution in [1.82, 2.24) is 0 Å². The van der Waals surface area contributed by atoms with Gasteiger partial charge in [0.15, 0.2) is 0 Å². The van der Waals surface area contributed by atoms with Gasteiger partial charge in [0.25, 0.3) is 0 Å². The van der Waals surface area contributed by atoms with Crippen LogP contribution in [0, 0.1) is 41.8 Å². The van der Waals surface area contributed by atoms with E-state index in [-0.39, 0.29) is 29.8 Å². The van der Waals surface area contributed by atoms with E-state index in [9.17, 15) is 57.1 Å². The van der Waals surface area contributed by atoms with E-state index in [0.29, 0.717) is 12.1 Å². The predicted octanol–water partition coefficient (Wildman–Crippen LogP) is 8.21. The third-order valence-corrected chi connectivity index (χ3v) is 4.60. The zero-order chi connectivity index (χ0) is 28.1. The Kier molecular flexibility index (Phi) is 7.16. The standard InChI is InChI=1S/C22H9F13O2/c1-8-2-13(25)18(14(26)3-8)20(29,30)36-10-6-11(23)17(12(24)7-10)9-4-15(27)19(16(28)5-9)21(31,32)37-22(33,34)35/h2-7H,1H3. The topological polar surface area (TPSA) is 18.5 Å². The molecule has 0 unspecified atom stereocenters. The lowest BCUT2D eigenvalue weighted by atomic mass is 10.0. The molecule has 0 saturated heterocycles. The Balaban J connectivity index is 2.01. The van der Waals surface area contributed by atoms with E-state index in [2.05, 4.69) is 9.47 Å². The summed E-state index contributed by atoms with van der Waals surface area (Å²) in [6.45, 7) is 1.18. The second-order valence-corrected chi connectivity index (χ2v) is 7.36. The van der Waals surface area contributed by atoms with Crippen molar-refractivity contribution in [1.29, 1.82) is 0 Å². The maximum atomic E-state index is 14.5. The van der Waals surface area contributed by atoms with Gasteiger partial charge in [-0.15, -0.1) is 13.2 Å². The van der Waals surface area contributed by atoms with Crippen LogP contribution in [0.15, 0.2) is 36.4 Å². The third kappa shape index (κ3) is 5.92. The summed E-state index contributed by atoms with van der Waals surface area (Å²) in [4.78, 5) is 0. The molecule has 0 aromatic heterocycles. The molecule has 0 spiro atoms. The molecule has 0 aliphatic heterocycles. The second-order valence-electron chi connectivity index (χ2n) is 7.36. The molecule has 0 radical (unpaired) electrons. The summed E-state index contributed by atoms with van der Waals surface area (Å²) in [5.41, 5.74) is -7.08. The van der Waals surface area contributed by atoms with Crippen LogP contribution in [0.2, 0.25) is 0 Å². The summed E-state index contributed by atoms with van der Waals surface area (Å²) in [6.07, 6.45) is -16.4. The molecule has 0 N–H and O–H groups in total. The number of halogens is 13. The summed E-state index contributed by atoms with van der Waals surface area (Å²) in [6, 6.07) is 0.744. The largest absolute Gasteiger partial charge is 0.527 e. The van der Waals surface area contributed by atoms with Crippen molar-refractivity contribution in [3.05, 3.63) is 88.0 Å². The van der Waals surface area contributed by atoms with Crippen molar-refractivity contribution >= 4 is 0 Å². The third-order valence-electron chi connectivity index (χ3n) is 4.60. The molecule has 200 valence electrons. The summed E-state index contributed by atoms with van der Waals surface area (Å²) >= 11 is 0. The van der Waals surface area contributed by atoms with Crippen LogP contribution in [0.3, 0.4) is 0 Å². The first-order valence-electron chi connectivity index (χ1n) is 9.49. The minimum atomic E-state index is -6.03. The van der Waals surface area contributed by atoms with Gasteiger partial charge in [-0.3, -0.25) is 0 Å². The van der Waals surface area contributed by atoms with E-state index in [1.165, 1.54) is 6.92 Å². The van der Waals surface area contributed by atoms with E-state index < -0.39 is 81.5 Å². The lowest BCUT2D eigenvalue weighted by Gasteiger charge is -2.21. The number of benzene rings is 3. The van der Waals surface area contributed by atoms with Crippen LogP contribution in [-0.2, 0) is 17.0 Å². The first-order valence-corrected chi connectivity index (χ1v) is 9.49. The van der Waals surface area contributed by atoms with Crippen molar-refractivity contribution in [2.24, 2.45) is 0 Å². The maximum absolute atomic E-state index is 14.5. The minimum absolute atomic E-state index is 0.0153. The highest BCUT2D eigenvalue weighted by molar-refractivity contribution is 5.66. The van der Waals surface area contributed by atoms with Crippen LogP contribution in [0.1, 0.15) is 16.7 Å². The Morgan fingerprint density at radius 3 is 1.38 bits per heavy atom. The van der Waals surface area contributed by atoms with Gasteiger partial charge in [0.05, 0.1) is 5.56 Å². The van der Waals surface area contributed by atoms with Crippen molar-refractivity contribution in [3.8, 4) is 16.9 Å². The lowest BCUT2D eigenvalue weighted by molar-refractivity contribution is -0.432. The Labute approximate surface area is 197 Å². The maximum Gasteiger partial charge on any atom is 0.527 e. The number of aryl methyl sites for hydroxylation is 1. The Bertz CT molecular complexity index is 1280. The molecule has 15 heteroatoms. The molecule has 2 nitrogen and oxygen atoms in total. The van der Waals surface area contributed by atoms with Crippen LogP contribution in [0.5, 0.6) is 5.75 Å². The van der Waals surface area contributed by atoms with E-state index in [1.807, 2.05) is 0 Å². The monoisotopic (exact) mass is 552 g/mol. The normalized spacial score (nSPS) is 12.7. The highest BCUT2D eigenvalue weighted by atomic mass is 19.4. The van der Waals surface area contributed by atoms with Crippen LogP contribution in [0.25, 0.3) is 11.1 Å². The van der Waals surface area contributed by atoms with Crippen molar-refractivity contribution in [2.45, 2.75) is 25.5 Å². The molecule has 0 heterocycles. The number of rotatable bonds is 6. The first kappa shape index (κ1) is 28.1. The van der Waals surface area contributed by atoms with Gasteiger partial charge in [-0.25, -0.2) is 31.1 Å². The van der Waals surface area contributed by atoms with Crippen LogP contribution >= 0.6 is 0 Å². The van der Waals surface area contributed by atoms with Gasteiger partial charge >= 0.3 is 18.6 Å². The zero-order valence-corrected chi connectivity index (χ0v) is 17.7. The van der Waals surface area contributed by atoms with Gasteiger partial charge in [0.1, 0.15) is 51.8 Å². The fraction of sp³-hybridized carbons (Fsp3) is 0.182. The molecular weight excluding hydrogens is 543 g/mol. The SMILES string of the molecule is Cc1cc(F)c(C(F)(F)Oc2cc(F)c(-c3cc(F)c(C(F)(F)OC(F)(F)F)c(F)c3)c(F)c2)c(F)c1. The molecule has 3 aromatic rings. The average molecular weight is 552 g/mol. The zero-order valence-electron chi connectivity index (χ0n) is 17.7. The summed E-state index contributed by atoms with van der Waals surface area (Å²) in [7, 11) is 0. The molecule has 0 atom stereocenters. The highest BCUT2D eigenvalue weighted by Crippen LogP contribution is 2.42. The van der Waals surface area contributed by atoms with Gasteiger partial charge in [0.2, 0.25) is 0 Å². The Hall–Kier alpha value is -3.49. The van der Waals surface area contributed by atoms with Gasteiger partial charge < -0.3 is 4.74 Å². The van der Waals surface area contributed by atoms with E-state index in [1.54, 1.807) is 0 Å². The van der Waals surface area contributed by atoms with Crippen LogP contribution < -0.4 is 4.74 Å². The van der Waals surface area contributed by atoms with E-state index in [4.69, 9.17) is 0 Å².